The minimum Gasteiger partial charge on any atom is -0.318 e. The van der Waals surface area contributed by atoms with Crippen LogP contribution in [0.25, 0.3) is 5.69 Å². The van der Waals surface area contributed by atoms with Crippen molar-refractivity contribution in [2.75, 3.05) is 0 Å². The Morgan fingerprint density at radius 3 is 2.33 bits per heavy atom. The summed E-state index contributed by atoms with van der Waals surface area (Å²) >= 11 is 13.0. The maximum atomic E-state index is 13.1. The summed E-state index contributed by atoms with van der Waals surface area (Å²) in [6, 6.07) is 9.88. The number of ketones is 1. The molecule has 0 bridgehead atoms. The normalized spacial score (nSPS) is 12.8. The highest BCUT2D eigenvalue weighted by Crippen LogP contribution is 2.36. The molecule has 0 fully saturated rings. The standard InChI is InChI=1S/C21H17Cl2F3N2OS/c1-11-8-17(12(2)28(11)16-6-4-15(22)5-7-16)19(29)13(3)30-20-18(23)9-14(10-27-20)21(24,25)26/h4-10,13H,1-3H3/t13-/m0/s1. The summed E-state index contributed by atoms with van der Waals surface area (Å²) in [6.45, 7) is 5.41. The highest BCUT2D eigenvalue weighted by atomic mass is 35.5. The van der Waals surface area contributed by atoms with Crippen LogP contribution >= 0.6 is 35.0 Å². The number of halogens is 5. The molecule has 0 aliphatic heterocycles. The van der Waals surface area contributed by atoms with Crippen LogP contribution in [-0.4, -0.2) is 20.6 Å². The molecule has 3 aromatic rings. The lowest BCUT2D eigenvalue weighted by molar-refractivity contribution is -0.137. The number of nitrogens with zero attached hydrogens (tertiary/aromatic N) is 2. The number of aryl methyl sites for hydroxylation is 1. The average molecular weight is 473 g/mol. The molecule has 30 heavy (non-hydrogen) atoms. The van der Waals surface area contributed by atoms with Gasteiger partial charge in [0.25, 0.3) is 0 Å². The summed E-state index contributed by atoms with van der Waals surface area (Å²) in [6.07, 6.45) is -3.81. The van der Waals surface area contributed by atoms with Crippen molar-refractivity contribution < 1.29 is 18.0 Å². The summed E-state index contributed by atoms with van der Waals surface area (Å²) in [5, 5.41) is 0.0625. The predicted octanol–water partition coefficient (Wildman–Crippen LogP) is 7.18. The second kappa shape index (κ2) is 8.65. The Labute approximate surface area is 186 Å². The molecule has 1 aromatic carbocycles. The fourth-order valence-corrected chi connectivity index (χ4v) is 4.39. The van der Waals surface area contributed by atoms with E-state index in [4.69, 9.17) is 23.2 Å². The molecule has 0 unspecified atom stereocenters. The third-order valence-electron chi connectivity index (χ3n) is 4.57. The molecule has 0 aliphatic rings. The zero-order chi connectivity index (χ0) is 22.2. The molecule has 0 radical (unpaired) electrons. The minimum atomic E-state index is -4.53. The lowest BCUT2D eigenvalue weighted by Crippen LogP contribution is -2.15. The third kappa shape index (κ3) is 4.68. The molecule has 0 N–H and O–H groups in total. The van der Waals surface area contributed by atoms with Crippen molar-refractivity contribution in [1.29, 1.82) is 0 Å². The Morgan fingerprint density at radius 1 is 1.13 bits per heavy atom. The smallest absolute Gasteiger partial charge is 0.318 e. The maximum absolute atomic E-state index is 13.1. The summed E-state index contributed by atoms with van der Waals surface area (Å²) in [7, 11) is 0. The van der Waals surface area contributed by atoms with Crippen LogP contribution in [0.2, 0.25) is 10.0 Å². The van der Waals surface area contributed by atoms with E-state index >= 15 is 0 Å². The van der Waals surface area contributed by atoms with Gasteiger partial charge in [0.2, 0.25) is 0 Å². The lowest BCUT2D eigenvalue weighted by Gasteiger charge is -2.13. The number of benzene rings is 1. The Balaban J connectivity index is 1.85. The van der Waals surface area contributed by atoms with E-state index in [1.165, 1.54) is 0 Å². The van der Waals surface area contributed by atoms with Crippen LogP contribution in [0.4, 0.5) is 13.2 Å². The number of carbonyl (C=O) groups is 1. The number of pyridine rings is 1. The number of Topliss-reactive ketones (excluding diaryl/α,β-unsaturated/α-hetero) is 1. The van der Waals surface area contributed by atoms with Crippen LogP contribution in [0.3, 0.4) is 0 Å². The van der Waals surface area contributed by atoms with Crippen molar-refractivity contribution in [2.24, 2.45) is 0 Å². The van der Waals surface area contributed by atoms with Crippen molar-refractivity contribution in [3.63, 3.8) is 0 Å². The first-order chi connectivity index (χ1) is 14.0. The zero-order valence-corrected chi connectivity index (χ0v) is 18.5. The Morgan fingerprint density at radius 2 is 1.77 bits per heavy atom. The van der Waals surface area contributed by atoms with E-state index in [1.807, 2.05) is 30.5 Å². The number of thioether (sulfide) groups is 1. The molecule has 3 nitrogen and oxygen atoms in total. The highest BCUT2D eigenvalue weighted by Gasteiger charge is 2.32. The molecular formula is C21H17Cl2F3N2OS. The second-order valence-corrected chi connectivity index (χ2v) is 8.90. The van der Waals surface area contributed by atoms with Crippen molar-refractivity contribution in [3.8, 4) is 5.69 Å². The van der Waals surface area contributed by atoms with Gasteiger partial charge >= 0.3 is 6.18 Å². The third-order valence-corrected chi connectivity index (χ3v) is 6.34. The largest absolute Gasteiger partial charge is 0.417 e. The van der Waals surface area contributed by atoms with E-state index in [9.17, 15) is 18.0 Å². The van der Waals surface area contributed by atoms with Gasteiger partial charge in [0.15, 0.2) is 5.78 Å². The van der Waals surface area contributed by atoms with Gasteiger partial charge in [0, 0.05) is 33.9 Å². The summed E-state index contributed by atoms with van der Waals surface area (Å²) in [5.41, 5.74) is 2.12. The van der Waals surface area contributed by atoms with Gasteiger partial charge in [-0.15, -0.1) is 0 Å². The molecule has 0 spiro atoms. The molecule has 0 saturated carbocycles. The molecule has 158 valence electrons. The van der Waals surface area contributed by atoms with Gasteiger partial charge in [-0.3, -0.25) is 4.79 Å². The van der Waals surface area contributed by atoms with Gasteiger partial charge in [-0.25, -0.2) is 4.98 Å². The van der Waals surface area contributed by atoms with E-state index in [0.717, 1.165) is 41.1 Å². The fraction of sp³-hybridized carbons (Fsp3) is 0.238. The fourth-order valence-electron chi connectivity index (χ4n) is 3.11. The minimum absolute atomic E-state index is 0.138. The summed E-state index contributed by atoms with van der Waals surface area (Å²) in [4.78, 5) is 16.9. The first-order valence-corrected chi connectivity index (χ1v) is 10.5. The molecule has 0 saturated heterocycles. The van der Waals surface area contributed by atoms with Crippen LogP contribution in [0.15, 0.2) is 47.6 Å². The number of hydrogen-bond donors (Lipinski definition) is 0. The lowest BCUT2D eigenvalue weighted by atomic mass is 10.1. The van der Waals surface area contributed by atoms with Gasteiger partial charge in [-0.1, -0.05) is 35.0 Å². The Hall–Kier alpha value is -1.96. The number of hydrogen-bond acceptors (Lipinski definition) is 3. The van der Waals surface area contributed by atoms with Crippen molar-refractivity contribution >= 4 is 40.7 Å². The maximum Gasteiger partial charge on any atom is 0.417 e. The predicted molar refractivity (Wildman–Crippen MR) is 114 cm³/mol. The van der Waals surface area contributed by atoms with Crippen molar-refractivity contribution in [2.45, 2.75) is 37.2 Å². The number of carbonyl (C=O) groups excluding carboxylic acids is 1. The van der Waals surface area contributed by atoms with E-state index in [2.05, 4.69) is 4.98 Å². The summed E-state index contributed by atoms with van der Waals surface area (Å²) < 4.78 is 40.3. The van der Waals surface area contributed by atoms with Gasteiger partial charge in [-0.05, 0) is 57.2 Å². The van der Waals surface area contributed by atoms with E-state index in [-0.39, 0.29) is 15.8 Å². The Bertz CT molecular complexity index is 1090. The number of aromatic nitrogens is 2. The van der Waals surface area contributed by atoms with Gasteiger partial charge in [0.1, 0.15) is 5.03 Å². The molecular weight excluding hydrogens is 456 g/mol. The molecule has 9 heteroatoms. The SMILES string of the molecule is Cc1cc(C(=O)[C@H](C)Sc2ncc(C(F)(F)F)cc2Cl)c(C)n1-c1ccc(Cl)cc1. The van der Waals surface area contributed by atoms with Crippen molar-refractivity contribution in [1.82, 2.24) is 9.55 Å². The van der Waals surface area contributed by atoms with Gasteiger partial charge in [-0.2, -0.15) is 13.2 Å². The number of rotatable bonds is 5. The molecule has 0 amide bonds. The first kappa shape index (κ1) is 22.7. The van der Waals surface area contributed by atoms with Crippen molar-refractivity contribution in [3.05, 3.63) is 75.2 Å². The van der Waals surface area contributed by atoms with E-state index in [0.29, 0.717) is 10.6 Å². The van der Waals surface area contributed by atoms with Crippen LogP contribution in [0.5, 0.6) is 0 Å². The number of alkyl halides is 3. The quantitative estimate of drug-likeness (QED) is 0.291. The van der Waals surface area contributed by atoms with E-state index < -0.39 is 17.0 Å². The molecule has 2 heterocycles. The van der Waals surface area contributed by atoms with E-state index in [1.54, 1.807) is 25.1 Å². The second-order valence-electron chi connectivity index (χ2n) is 6.73. The van der Waals surface area contributed by atoms with Crippen LogP contribution in [0.1, 0.15) is 34.2 Å². The molecule has 2 aromatic heterocycles. The van der Waals surface area contributed by atoms with Crippen LogP contribution < -0.4 is 0 Å². The zero-order valence-electron chi connectivity index (χ0n) is 16.2. The van der Waals surface area contributed by atoms with Crippen LogP contribution in [0, 0.1) is 13.8 Å². The van der Waals surface area contributed by atoms with Gasteiger partial charge in [0.05, 0.1) is 15.8 Å². The van der Waals surface area contributed by atoms with Crippen LogP contribution in [-0.2, 0) is 6.18 Å². The topological polar surface area (TPSA) is 34.9 Å². The first-order valence-electron chi connectivity index (χ1n) is 8.87. The Kier molecular flexibility index (Phi) is 6.55. The summed E-state index contributed by atoms with van der Waals surface area (Å²) in [5.74, 6) is -0.161. The molecule has 0 aliphatic carbocycles. The monoisotopic (exact) mass is 472 g/mol. The average Bonchev–Trinajstić information content (AvgIpc) is 2.97. The molecule has 1 atom stereocenters. The highest BCUT2D eigenvalue weighted by molar-refractivity contribution is 8.00. The molecule has 3 rings (SSSR count). The van der Waals surface area contributed by atoms with Gasteiger partial charge < -0.3 is 4.57 Å².